The van der Waals surface area contributed by atoms with E-state index in [1.807, 2.05) is 6.07 Å². The molecule has 0 saturated heterocycles. The van der Waals surface area contributed by atoms with E-state index < -0.39 is 6.10 Å². The molecule has 0 bridgehead atoms. The first-order valence-corrected chi connectivity index (χ1v) is 7.36. The molecular formula is C14H14N2O3S. The number of nitrogens with zero attached hydrogens (tertiary/aromatic N) is 1. The number of hydrogen-bond acceptors (Lipinski definition) is 5. The van der Waals surface area contributed by atoms with E-state index in [0.29, 0.717) is 34.9 Å². The van der Waals surface area contributed by atoms with Gasteiger partial charge in [0.2, 0.25) is 0 Å². The van der Waals surface area contributed by atoms with Crippen molar-refractivity contribution >= 4 is 29.1 Å². The number of carbonyl (C=O) groups is 2. The van der Waals surface area contributed by atoms with Gasteiger partial charge in [0.15, 0.2) is 11.9 Å². The topological polar surface area (TPSA) is 79.2 Å². The summed E-state index contributed by atoms with van der Waals surface area (Å²) in [6.45, 7) is 1.67. The maximum Gasteiger partial charge on any atom is 0.265 e. The van der Waals surface area contributed by atoms with Crippen LogP contribution in [0.2, 0.25) is 0 Å². The van der Waals surface area contributed by atoms with Crippen LogP contribution in [0, 0.1) is 11.3 Å². The van der Waals surface area contributed by atoms with Crippen LogP contribution in [-0.4, -0.2) is 29.3 Å². The van der Waals surface area contributed by atoms with Gasteiger partial charge >= 0.3 is 0 Å². The van der Waals surface area contributed by atoms with Crippen molar-refractivity contribution in [1.29, 1.82) is 5.26 Å². The highest BCUT2D eigenvalue weighted by Gasteiger charge is 2.24. The van der Waals surface area contributed by atoms with E-state index >= 15 is 0 Å². The van der Waals surface area contributed by atoms with Crippen LogP contribution in [0.1, 0.15) is 23.7 Å². The van der Waals surface area contributed by atoms with Crippen molar-refractivity contribution in [2.75, 3.05) is 16.8 Å². The van der Waals surface area contributed by atoms with Gasteiger partial charge in [0, 0.05) is 17.7 Å². The molecule has 0 aromatic heterocycles. The van der Waals surface area contributed by atoms with E-state index in [0.717, 1.165) is 0 Å². The molecular weight excluding hydrogens is 276 g/mol. The van der Waals surface area contributed by atoms with E-state index in [9.17, 15) is 9.59 Å². The third-order valence-electron chi connectivity index (χ3n) is 2.82. The van der Waals surface area contributed by atoms with Crippen molar-refractivity contribution in [2.45, 2.75) is 19.4 Å². The molecule has 0 radical (unpaired) electrons. The summed E-state index contributed by atoms with van der Waals surface area (Å²) in [5.41, 5.74) is 1.06. The molecule has 2 rings (SSSR count). The van der Waals surface area contributed by atoms with E-state index in [-0.39, 0.29) is 11.7 Å². The molecule has 6 heteroatoms. The van der Waals surface area contributed by atoms with Gasteiger partial charge in [-0.25, -0.2) is 0 Å². The fourth-order valence-electron chi connectivity index (χ4n) is 1.75. The highest BCUT2D eigenvalue weighted by Crippen LogP contribution is 2.30. The molecule has 1 heterocycles. The zero-order chi connectivity index (χ0) is 14.5. The van der Waals surface area contributed by atoms with Gasteiger partial charge in [-0.15, -0.1) is 0 Å². The molecule has 0 fully saturated rings. The summed E-state index contributed by atoms with van der Waals surface area (Å²) in [5, 5.41) is 11.1. The second-order valence-corrected chi connectivity index (χ2v) is 5.45. The van der Waals surface area contributed by atoms with Crippen molar-refractivity contribution in [3.8, 4) is 11.8 Å². The minimum absolute atomic E-state index is 0.0244. The summed E-state index contributed by atoms with van der Waals surface area (Å²) in [6, 6.07) is 7.05. The van der Waals surface area contributed by atoms with Gasteiger partial charge in [-0.2, -0.15) is 17.0 Å². The van der Waals surface area contributed by atoms with Gasteiger partial charge in [0.25, 0.3) is 5.91 Å². The van der Waals surface area contributed by atoms with Crippen LogP contribution < -0.4 is 10.1 Å². The van der Waals surface area contributed by atoms with Crippen molar-refractivity contribution in [2.24, 2.45) is 0 Å². The minimum Gasteiger partial charge on any atom is -0.479 e. The number of Topliss-reactive ketones (excluding diaryl/α,β-unsaturated/α-hetero) is 1. The second kappa shape index (κ2) is 6.44. The lowest BCUT2D eigenvalue weighted by molar-refractivity contribution is -0.122. The van der Waals surface area contributed by atoms with Crippen LogP contribution in [0.25, 0.3) is 0 Å². The van der Waals surface area contributed by atoms with Crippen molar-refractivity contribution in [3.63, 3.8) is 0 Å². The molecule has 1 aliphatic heterocycles. The predicted molar refractivity (Wildman–Crippen MR) is 77.0 cm³/mol. The average Bonchev–Trinajstić information content (AvgIpc) is 2.44. The number of rotatable bonds is 5. The van der Waals surface area contributed by atoms with Gasteiger partial charge < -0.3 is 10.1 Å². The fraction of sp³-hybridized carbons (Fsp3) is 0.357. The SMILES string of the molecule is CC1Oc2ccc(C(=O)CSCCC#N)cc2NC1=O. The molecule has 0 spiro atoms. The Kier molecular flexibility index (Phi) is 4.64. The molecule has 1 aromatic rings. The molecule has 0 aliphatic carbocycles. The Labute approximate surface area is 121 Å². The molecule has 1 aromatic carbocycles. The molecule has 5 nitrogen and oxygen atoms in total. The molecule has 1 amide bonds. The van der Waals surface area contributed by atoms with Crippen molar-refractivity contribution in [3.05, 3.63) is 23.8 Å². The normalized spacial score (nSPS) is 16.6. The predicted octanol–water partition coefficient (Wildman–Crippen LogP) is 2.24. The number of ketones is 1. The number of fused-ring (bicyclic) bond motifs is 1. The van der Waals surface area contributed by atoms with E-state index in [2.05, 4.69) is 5.32 Å². The average molecular weight is 290 g/mol. The van der Waals surface area contributed by atoms with Gasteiger partial charge in [0.05, 0.1) is 17.5 Å². The molecule has 0 saturated carbocycles. The molecule has 1 unspecified atom stereocenters. The molecule has 104 valence electrons. The first-order valence-electron chi connectivity index (χ1n) is 6.21. The summed E-state index contributed by atoms with van der Waals surface area (Å²) in [7, 11) is 0. The van der Waals surface area contributed by atoms with Crippen LogP contribution in [0.4, 0.5) is 5.69 Å². The number of anilines is 1. The van der Waals surface area contributed by atoms with Crippen LogP contribution in [0.5, 0.6) is 5.75 Å². The third kappa shape index (κ3) is 3.31. The number of amides is 1. The van der Waals surface area contributed by atoms with E-state index in [1.165, 1.54) is 11.8 Å². The van der Waals surface area contributed by atoms with E-state index in [1.54, 1.807) is 25.1 Å². The van der Waals surface area contributed by atoms with Gasteiger partial charge in [0.1, 0.15) is 5.75 Å². The largest absolute Gasteiger partial charge is 0.479 e. The summed E-state index contributed by atoms with van der Waals surface area (Å²) in [6.07, 6.45) is -0.0882. The van der Waals surface area contributed by atoms with Crippen LogP contribution >= 0.6 is 11.8 Å². The first kappa shape index (κ1) is 14.4. The minimum atomic E-state index is -0.523. The first-order chi connectivity index (χ1) is 9.61. The lowest BCUT2D eigenvalue weighted by Gasteiger charge is -2.23. The standard InChI is InChI=1S/C14H14N2O3S/c1-9-14(18)16-11-7-10(3-4-13(11)19-9)12(17)8-20-6-2-5-15/h3-4,7,9H,2,6,8H2,1H3,(H,16,18). The molecule has 1 atom stereocenters. The zero-order valence-electron chi connectivity index (χ0n) is 11.0. The number of ether oxygens (including phenoxy) is 1. The Morgan fingerprint density at radius 3 is 3.10 bits per heavy atom. The lowest BCUT2D eigenvalue weighted by Crippen LogP contribution is -2.34. The summed E-state index contributed by atoms with van der Waals surface area (Å²) in [4.78, 5) is 23.5. The number of hydrogen-bond donors (Lipinski definition) is 1. The summed E-state index contributed by atoms with van der Waals surface area (Å²) in [5.74, 6) is 1.30. The highest BCUT2D eigenvalue weighted by atomic mass is 32.2. The Hall–Kier alpha value is -2.00. The van der Waals surface area contributed by atoms with Crippen LogP contribution in [-0.2, 0) is 4.79 Å². The fourth-order valence-corrected chi connectivity index (χ4v) is 2.48. The highest BCUT2D eigenvalue weighted by molar-refractivity contribution is 7.99. The number of thioether (sulfide) groups is 1. The quantitative estimate of drug-likeness (QED) is 0.664. The Bertz CT molecular complexity index is 580. The maximum atomic E-state index is 12.0. The Morgan fingerprint density at radius 2 is 2.35 bits per heavy atom. The van der Waals surface area contributed by atoms with Gasteiger partial charge in [-0.3, -0.25) is 9.59 Å². The smallest absolute Gasteiger partial charge is 0.265 e. The van der Waals surface area contributed by atoms with Gasteiger partial charge in [-0.05, 0) is 25.1 Å². The van der Waals surface area contributed by atoms with E-state index in [4.69, 9.17) is 10.00 Å². The van der Waals surface area contributed by atoms with Crippen molar-refractivity contribution in [1.82, 2.24) is 0 Å². The number of carbonyl (C=O) groups excluding carboxylic acids is 2. The number of nitriles is 1. The Balaban J connectivity index is 2.04. The Morgan fingerprint density at radius 1 is 1.55 bits per heavy atom. The number of benzene rings is 1. The number of nitrogens with one attached hydrogen (secondary N) is 1. The third-order valence-corrected chi connectivity index (χ3v) is 3.78. The maximum absolute atomic E-state index is 12.0. The molecule has 1 aliphatic rings. The molecule has 20 heavy (non-hydrogen) atoms. The lowest BCUT2D eigenvalue weighted by atomic mass is 10.1. The van der Waals surface area contributed by atoms with Crippen molar-refractivity contribution < 1.29 is 14.3 Å². The zero-order valence-corrected chi connectivity index (χ0v) is 11.8. The summed E-state index contributed by atoms with van der Waals surface area (Å²) >= 11 is 1.43. The van der Waals surface area contributed by atoms with Gasteiger partial charge in [-0.1, -0.05) is 0 Å². The monoisotopic (exact) mass is 290 g/mol. The molecule has 1 N–H and O–H groups in total. The van der Waals surface area contributed by atoms with Crippen LogP contribution in [0.15, 0.2) is 18.2 Å². The second-order valence-electron chi connectivity index (χ2n) is 4.34. The summed E-state index contributed by atoms with van der Waals surface area (Å²) < 4.78 is 5.43. The van der Waals surface area contributed by atoms with Crippen LogP contribution in [0.3, 0.4) is 0 Å².